The Bertz CT molecular complexity index is 1200. The molecule has 0 radical (unpaired) electrons. The lowest BCUT2D eigenvalue weighted by atomic mass is 9.33. The van der Waals surface area contributed by atoms with Gasteiger partial charge in [-0.15, -0.1) is 0 Å². The van der Waals surface area contributed by atoms with Crippen LogP contribution in [0.5, 0.6) is 0 Å². The highest BCUT2D eigenvalue weighted by Crippen LogP contribution is 2.75. The fourth-order valence-electron chi connectivity index (χ4n) is 11.6. The number of hydrogen-bond donors (Lipinski definition) is 2. The van der Waals surface area contributed by atoms with Crippen LogP contribution in [0.2, 0.25) is 0 Å². The standard InChI is InChI=1S/C36H56O6/c1-30(2)14-16-36(29(40)41)17-15-34(8)23(24(36)20-30)10-11-26-33(7)19-22(42-27(37)21-32(5,6)28(38)39)18-31(3,4)25(33)12-13-35(26,34)9/h10,22,24-26H,11-21H2,1-9H3,(H,38,39)(H,40,41)/t22-,24?,25?,26?,33+,34-,35-,36+/m1/s1. The fourth-order valence-corrected chi connectivity index (χ4v) is 11.6. The number of esters is 1. The minimum absolute atomic E-state index is 0.00902. The summed E-state index contributed by atoms with van der Waals surface area (Å²) >= 11 is 0. The maximum atomic E-state index is 13.0. The van der Waals surface area contributed by atoms with Crippen LogP contribution in [0.25, 0.3) is 0 Å². The second-order valence-electron chi connectivity index (χ2n) is 18.1. The van der Waals surface area contributed by atoms with E-state index >= 15 is 0 Å². The molecule has 0 aromatic rings. The molecule has 2 N–H and O–H groups in total. The molecule has 5 aliphatic rings. The normalized spacial score (nSPS) is 43.9. The van der Waals surface area contributed by atoms with E-state index in [0.29, 0.717) is 11.8 Å². The lowest BCUT2D eigenvalue weighted by Crippen LogP contribution is -2.65. The maximum Gasteiger partial charge on any atom is 0.310 e. The van der Waals surface area contributed by atoms with Gasteiger partial charge in [-0.05, 0) is 123 Å². The van der Waals surface area contributed by atoms with Crippen molar-refractivity contribution in [3.05, 3.63) is 11.6 Å². The zero-order valence-corrected chi connectivity index (χ0v) is 27.7. The predicted molar refractivity (Wildman–Crippen MR) is 163 cm³/mol. The topological polar surface area (TPSA) is 101 Å². The summed E-state index contributed by atoms with van der Waals surface area (Å²) in [5.74, 6) is -1.00. The van der Waals surface area contributed by atoms with Crippen LogP contribution in [-0.2, 0) is 19.1 Å². The Morgan fingerprint density at radius 2 is 1.52 bits per heavy atom. The molecule has 3 unspecified atom stereocenters. The second kappa shape index (κ2) is 9.57. The van der Waals surface area contributed by atoms with Crippen molar-refractivity contribution in [3.8, 4) is 0 Å². The van der Waals surface area contributed by atoms with Gasteiger partial charge in [-0.2, -0.15) is 0 Å². The van der Waals surface area contributed by atoms with Gasteiger partial charge in [0.15, 0.2) is 0 Å². The van der Waals surface area contributed by atoms with Gasteiger partial charge in [0.1, 0.15) is 6.10 Å². The molecule has 8 atom stereocenters. The van der Waals surface area contributed by atoms with Crippen molar-refractivity contribution in [1.82, 2.24) is 0 Å². The summed E-state index contributed by atoms with van der Waals surface area (Å²) in [4.78, 5) is 37.6. The molecule has 42 heavy (non-hydrogen) atoms. The highest BCUT2D eigenvalue weighted by atomic mass is 16.5. The number of ether oxygens (including phenoxy) is 1. The minimum Gasteiger partial charge on any atom is -0.481 e. The lowest BCUT2D eigenvalue weighted by molar-refractivity contribution is -0.208. The quantitative estimate of drug-likeness (QED) is 0.249. The van der Waals surface area contributed by atoms with Gasteiger partial charge in [0.2, 0.25) is 0 Å². The minimum atomic E-state index is -1.16. The van der Waals surface area contributed by atoms with Crippen molar-refractivity contribution in [2.75, 3.05) is 0 Å². The zero-order valence-electron chi connectivity index (χ0n) is 27.7. The molecule has 0 heterocycles. The fraction of sp³-hybridized carbons (Fsp3) is 0.861. The molecule has 0 amide bonds. The van der Waals surface area contributed by atoms with Crippen LogP contribution in [0.15, 0.2) is 11.6 Å². The number of rotatable bonds is 5. The van der Waals surface area contributed by atoms with E-state index in [2.05, 4.69) is 54.5 Å². The molecule has 0 aromatic carbocycles. The molecule has 5 aliphatic carbocycles. The Balaban J connectivity index is 1.49. The molecule has 4 fully saturated rings. The van der Waals surface area contributed by atoms with E-state index in [9.17, 15) is 24.6 Å². The Morgan fingerprint density at radius 1 is 0.881 bits per heavy atom. The van der Waals surface area contributed by atoms with E-state index in [1.165, 1.54) is 5.57 Å². The Labute approximate surface area is 253 Å². The second-order valence-corrected chi connectivity index (χ2v) is 18.1. The van der Waals surface area contributed by atoms with Crippen molar-refractivity contribution in [2.45, 2.75) is 139 Å². The van der Waals surface area contributed by atoms with Crippen molar-refractivity contribution in [2.24, 2.45) is 55.7 Å². The molecule has 6 nitrogen and oxygen atoms in total. The van der Waals surface area contributed by atoms with Crippen molar-refractivity contribution >= 4 is 17.9 Å². The molecule has 4 saturated carbocycles. The molecule has 0 spiro atoms. The van der Waals surface area contributed by atoms with Gasteiger partial charge in [0.25, 0.3) is 0 Å². The van der Waals surface area contributed by atoms with Gasteiger partial charge < -0.3 is 14.9 Å². The van der Waals surface area contributed by atoms with E-state index in [-0.39, 0.29) is 45.5 Å². The van der Waals surface area contributed by atoms with E-state index in [0.717, 1.165) is 64.2 Å². The number of carboxylic acid groups (broad SMARTS) is 2. The number of fused-ring (bicyclic) bond motifs is 7. The van der Waals surface area contributed by atoms with Crippen LogP contribution >= 0.6 is 0 Å². The SMILES string of the molecule is CC1(C)CC[C@]2(C(=O)O)CC[C@]3(C)C(=CCC4[C@@]5(C)C[C@H](OC(=O)CC(C)(C)C(=O)O)CC(C)(C)C5CC[C@]43C)C2C1. The number of aliphatic carboxylic acids is 2. The predicted octanol–water partition coefficient (Wildman–Crippen LogP) is 8.29. The lowest BCUT2D eigenvalue weighted by Gasteiger charge is -2.71. The number of carbonyl (C=O) groups is 3. The number of carbonyl (C=O) groups excluding carboxylic acids is 1. The van der Waals surface area contributed by atoms with Gasteiger partial charge in [0, 0.05) is 0 Å². The van der Waals surface area contributed by atoms with E-state index < -0.39 is 28.7 Å². The molecule has 0 aliphatic heterocycles. The molecule has 0 aromatic heterocycles. The zero-order chi connectivity index (χ0) is 31.3. The number of hydrogen-bond acceptors (Lipinski definition) is 4. The molecule has 5 rings (SSSR count). The summed E-state index contributed by atoms with van der Waals surface area (Å²) in [6.07, 6.45) is 11.3. The van der Waals surface area contributed by atoms with Crippen LogP contribution in [-0.4, -0.2) is 34.2 Å². The van der Waals surface area contributed by atoms with Gasteiger partial charge in [-0.1, -0.05) is 60.1 Å². The van der Waals surface area contributed by atoms with Gasteiger partial charge in [0.05, 0.1) is 17.3 Å². The van der Waals surface area contributed by atoms with Gasteiger partial charge in [-0.25, -0.2) is 0 Å². The average molecular weight is 585 g/mol. The third-order valence-electron chi connectivity index (χ3n) is 14.2. The van der Waals surface area contributed by atoms with Gasteiger partial charge >= 0.3 is 17.9 Å². The summed E-state index contributed by atoms with van der Waals surface area (Å²) in [6, 6.07) is 0. The van der Waals surface area contributed by atoms with E-state index in [1.807, 2.05) is 0 Å². The largest absolute Gasteiger partial charge is 0.481 e. The summed E-state index contributed by atoms with van der Waals surface area (Å²) in [5, 5.41) is 20.2. The third-order valence-corrected chi connectivity index (χ3v) is 14.2. The maximum absolute atomic E-state index is 13.0. The Hall–Kier alpha value is -1.85. The van der Waals surface area contributed by atoms with Crippen LogP contribution in [0.1, 0.15) is 133 Å². The van der Waals surface area contributed by atoms with E-state index in [1.54, 1.807) is 13.8 Å². The summed E-state index contributed by atoms with van der Waals surface area (Å²) < 4.78 is 6.12. The first-order chi connectivity index (χ1) is 19.1. The van der Waals surface area contributed by atoms with Crippen LogP contribution < -0.4 is 0 Å². The Morgan fingerprint density at radius 3 is 2.14 bits per heavy atom. The number of carboxylic acids is 2. The van der Waals surface area contributed by atoms with Crippen molar-refractivity contribution < 1.29 is 29.3 Å². The number of allylic oxidation sites excluding steroid dienone is 2. The third kappa shape index (κ3) is 4.50. The smallest absolute Gasteiger partial charge is 0.310 e. The molecule has 0 bridgehead atoms. The van der Waals surface area contributed by atoms with Crippen LogP contribution in [0.3, 0.4) is 0 Å². The Kier molecular flexibility index (Phi) is 7.20. The average Bonchev–Trinajstić information content (AvgIpc) is 2.82. The molecule has 6 heteroatoms. The van der Waals surface area contributed by atoms with Crippen molar-refractivity contribution in [1.29, 1.82) is 0 Å². The first-order valence-electron chi connectivity index (χ1n) is 16.5. The summed E-state index contributed by atoms with van der Waals surface area (Å²) in [5.41, 5.74) is -0.299. The molecular weight excluding hydrogens is 528 g/mol. The first-order valence-corrected chi connectivity index (χ1v) is 16.5. The molecular formula is C36H56O6. The summed E-state index contributed by atoms with van der Waals surface area (Å²) in [7, 11) is 0. The highest BCUT2D eigenvalue weighted by Gasteiger charge is 2.69. The van der Waals surface area contributed by atoms with E-state index in [4.69, 9.17) is 4.74 Å². The molecule has 0 saturated heterocycles. The van der Waals surface area contributed by atoms with Crippen LogP contribution in [0, 0.1) is 55.7 Å². The van der Waals surface area contributed by atoms with Gasteiger partial charge in [-0.3, -0.25) is 14.4 Å². The highest BCUT2D eigenvalue weighted by molar-refractivity contribution is 5.81. The first kappa shape index (κ1) is 31.6. The van der Waals surface area contributed by atoms with Crippen molar-refractivity contribution in [3.63, 3.8) is 0 Å². The monoisotopic (exact) mass is 584 g/mol. The summed E-state index contributed by atoms with van der Waals surface area (Å²) in [6.45, 7) is 19.9. The van der Waals surface area contributed by atoms with Crippen LogP contribution in [0.4, 0.5) is 0 Å². The molecule has 236 valence electrons.